The van der Waals surface area contributed by atoms with E-state index in [4.69, 9.17) is 4.74 Å². The first-order valence-electron chi connectivity index (χ1n) is 6.38. The summed E-state index contributed by atoms with van der Waals surface area (Å²) in [5.74, 6) is -1.08. The van der Waals surface area contributed by atoms with Crippen molar-refractivity contribution in [2.24, 2.45) is 0 Å². The normalized spacial score (nSPS) is 12.0. The molecule has 0 spiro atoms. The van der Waals surface area contributed by atoms with Crippen molar-refractivity contribution in [2.75, 3.05) is 5.32 Å². The molecule has 3 aromatic rings. The maximum Gasteiger partial charge on any atom is 0.339 e. The fourth-order valence-corrected chi connectivity index (χ4v) is 2.44. The molecule has 0 radical (unpaired) electrons. The van der Waals surface area contributed by atoms with Crippen LogP contribution in [0.15, 0.2) is 36.8 Å². The summed E-state index contributed by atoms with van der Waals surface area (Å²) in [6.07, 6.45) is 4.21. The van der Waals surface area contributed by atoms with Crippen LogP contribution >= 0.6 is 0 Å². The lowest BCUT2D eigenvalue weighted by atomic mass is 10.1. The number of rotatable bonds is 1. The van der Waals surface area contributed by atoms with E-state index in [2.05, 4.69) is 15.3 Å². The summed E-state index contributed by atoms with van der Waals surface area (Å²) in [5, 5.41) is 12.8. The number of benzene rings is 1. The van der Waals surface area contributed by atoms with Gasteiger partial charge in [0.05, 0.1) is 28.5 Å². The molecule has 22 heavy (non-hydrogen) atoms. The standard InChI is InChI=1S/C15H8FN3O3/c16-7-3-10-13-11(4-7)22-12-6-17-2-1-9(12)19-14(13)8(5-18-10)15(20)21/h1-6,19H,(H,20,21). The molecule has 3 heterocycles. The first kappa shape index (κ1) is 12.5. The molecular formula is C15H8FN3O3. The minimum atomic E-state index is -1.13. The molecular weight excluding hydrogens is 289 g/mol. The van der Waals surface area contributed by atoms with Gasteiger partial charge in [-0.3, -0.25) is 9.97 Å². The minimum absolute atomic E-state index is 0.0198. The number of ether oxygens (including phenoxy) is 1. The number of carbonyl (C=O) groups is 1. The van der Waals surface area contributed by atoms with Crippen LogP contribution < -0.4 is 10.1 Å². The van der Waals surface area contributed by atoms with Crippen molar-refractivity contribution in [3.63, 3.8) is 0 Å². The van der Waals surface area contributed by atoms with Crippen LogP contribution in [0, 0.1) is 5.82 Å². The molecule has 2 N–H and O–H groups in total. The van der Waals surface area contributed by atoms with Crippen LogP contribution in [0.5, 0.6) is 11.5 Å². The molecule has 7 heteroatoms. The minimum Gasteiger partial charge on any atom is -0.478 e. The van der Waals surface area contributed by atoms with Crippen LogP contribution in [0.3, 0.4) is 0 Å². The second-order valence-electron chi connectivity index (χ2n) is 4.75. The highest BCUT2D eigenvalue weighted by Gasteiger charge is 2.23. The van der Waals surface area contributed by atoms with E-state index >= 15 is 0 Å². The van der Waals surface area contributed by atoms with E-state index in [1.54, 1.807) is 12.3 Å². The third kappa shape index (κ3) is 1.76. The molecule has 6 nitrogen and oxygen atoms in total. The number of aromatic carboxylic acids is 1. The van der Waals surface area contributed by atoms with Gasteiger partial charge in [-0.2, -0.15) is 0 Å². The van der Waals surface area contributed by atoms with Crippen LogP contribution in [-0.2, 0) is 0 Å². The first-order valence-corrected chi connectivity index (χ1v) is 6.38. The molecule has 0 unspecified atom stereocenters. The second-order valence-corrected chi connectivity index (χ2v) is 4.75. The van der Waals surface area contributed by atoms with Crippen LogP contribution in [-0.4, -0.2) is 21.0 Å². The highest BCUT2D eigenvalue weighted by Crippen LogP contribution is 2.43. The molecule has 2 aromatic heterocycles. The van der Waals surface area contributed by atoms with Gasteiger partial charge in [0.2, 0.25) is 0 Å². The molecule has 1 aliphatic heterocycles. The number of pyridine rings is 2. The summed E-state index contributed by atoms with van der Waals surface area (Å²) in [6.45, 7) is 0. The Labute approximate surface area is 123 Å². The number of nitrogens with one attached hydrogen (secondary N) is 1. The predicted octanol–water partition coefficient (Wildman–Crippen LogP) is 3.32. The molecule has 1 aromatic carbocycles. The van der Waals surface area contributed by atoms with E-state index in [0.717, 1.165) is 0 Å². The Morgan fingerprint density at radius 2 is 2.14 bits per heavy atom. The smallest absolute Gasteiger partial charge is 0.339 e. The Hall–Kier alpha value is -3.22. The van der Waals surface area contributed by atoms with Crippen LogP contribution in [0.4, 0.5) is 15.8 Å². The maximum absolute atomic E-state index is 13.7. The summed E-state index contributed by atoms with van der Waals surface area (Å²) in [6, 6.07) is 4.08. The third-order valence-corrected chi connectivity index (χ3v) is 3.39. The van der Waals surface area contributed by atoms with Gasteiger partial charge in [-0.1, -0.05) is 0 Å². The summed E-state index contributed by atoms with van der Waals surface area (Å²) in [5.41, 5.74) is 1.15. The first-order chi connectivity index (χ1) is 10.6. The van der Waals surface area contributed by atoms with Crippen molar-refractivity contribution in [3.8, 4) is 11.5 Å². The zero-order valence-corrected chi connectivity index (χ0v) is 11.0. The van der Waals surface area contributed by atoms with E-state index in [0.29, 0.717) is 28.0 Å². The van der Waals surface area contributed by atoms with Crippen molar-refractivity contribution in [3.05, 3.63) is 48.2 Å². The summed E-state index contributed by atoms with van der Waals surface area (Å²) >= 11 is 0. The van der Waals surface area contributed by atoms with Crippen LogP contribution in [0.2, 0.25) is 0 Å². The Balaban J connectivity index is 2.13. The summed E-state index contributed by atoms with van der Waals surface area (Å²) in [7, 11) is 0. The van der Waals surface area contributed by atoms with E-state index in [9.17, 15) is 14.3 Å². The molecule has 0 atom stereocenters. The van der Waals surface area contributed by atoms with Crippen molar-refractivity contribution in [1.82, 2.24) is 9.97 Å². The van der Waals surface area contributed by atoms with Gasteiger partial charge < -0.3 is 15.2 Å². The Bertz CT molecular complexity index is 943. The average Bonchev–Trinajstić information content (AvgIpc) is 2.64. The number of halogens is 1. The number of hydrogen-bond donors (Lipinski definition) is 2. The van der Waals surface area contributed by atoms with E-state index < -0.39 is 11.8 Å². The summed E-state index contributed by atoms with van der Waals surface area (Å²) in [4.78, 5) is 19.4. The van der Waals surface area contributed by atoms with Gasteiger partial charge in [0.1, 0.15) is 17.1 Å². The molecule has 4 rings (SSSR count). The van der Waals surface area contributed by atoms with Gasteiger partial charge >= 0.3 is 5.97 Å². The van der Waals surface area contributed by atoms with Crippen molar-refractivity contribution >= 4 is 28.2 Å². The molecule has 0 amide bonds. The zero-order valence-electron chi connectivity index (χ0n) is 11.0. The highest BCUT2D eigenvalue weighted by molar-refractivity contribution is 6.08. The quantitative estimate of drug-likeness (QED) is 0.560. The Kier molecular flexibility index (Phi) is 2.50. The number of fused-ring (bicyclic) bond motifs is 1. The topological polar surface area (TPSA) is 84.3 Å². The molecule has 0 fully saturated rings. The van der Waals surface area contributed by atoms with E-state index in [-0.39, 0.29) is 11.3 Å². The molecule has 1 aliphatic rings. The van der Waals surface area contributed by atoms with Gasteiger partial charge in [-0.15, -0.1) is 0 Å². The Morgan fingerprint density at radius 1 is 1.27 bits per heavy atom. The van der Waals surface area contributed by atoms with E-state index in [1.807, 2.05) is 0 Å². The van der Waals surface area contributed by atoms with Crippen molar-refractivity contribution < 1.29 is 19.0 Å². The van der Waals surface area contributed by atoms with Crippen molar-refractivity contribution in [2.45, 2.75) is 0 Å². The molecule has 108 valence electrons. The maximum atomic E-state index is 13.7. The number of nitrogens with zero attached hydrogens (tertiary/aromatic N) is 2. The summed E-state index contributed by atoms with van der Waals surface area (Å²) < 4.78 is 19.4. The molecule has 0 bridgehead atoms. The second kappa shape index (κ2) is 4.39. The SMILES string of the molecule is O=C(O)c1cnc2cc(F)cc3c2c1Nc1ccncc1O3. The van der Waals surface area contributed by atoms with Crippen LogP contribution in [0.1, 0.15) is 10.4 Å². The van der Waals surface area contributed by atoms with Gasteiger partial charge in [0.15, 0.2) is 5.75 Å². The molecule has 0 aliphatic carbocycles. The lowest BCUT2D eigenvalue weighted by Gasteiger charge is -2.10. The Morgan fingerprint density at radius 3 is 2.95 bits per heavy atom. The van der Waals surface area contributed by atoms with Gasteiger partial charge in [0, 0.05) is 24.5 Å². The monoisotopic (exact) mass is 297 g/mol. The lowest BCUT2D eigenvalue weighted by molar-refractivity contribution is 0.0697. The zero-order chi connectivity index (χ0) is 15.3. The fraction of sp³-hybridized carbons (Fsp3) is 0. The highest BCUT2D eigenvalue weighted by atomic mass is 19.1. The predicted molar refractivity (Wildman–Crippen MR) is 76.3 cm³/mol. The van der Waals surface area contributed by atoms with Crippen molar-refractivity contribution in [1.29, 1.82) is 0 Å². The molecule has 0 saturated carbocycles. The van der Waals surface area contributed by atoms with Crippen LogP contribution in [0.25, 0.3) is 10.9 Å². The number of carboxylic acid groups (broad SMARTS) is 1. The van der Waals surface area contributed by atoms with E-state index in [1.165, 1.54) is 24.5 Å². The number of aromatic nitrogens is 2. The lowest BCUT2D eigenvalue weighted by Crippen LogP contribution is -2.04. The number of carboxylic acids is 1. The third-order valence-electron chi connectivity index (χ3n) is 3.39. The van der Waals surface area contributed by atoms with Gasteiger partial charge in [0.25, 0.3) is 0 Å². The van der Waals surface area contributed by atoms with Gasteiger partial charge in [-0.25, -0.2) is 9.18 Å². The fourth-order valence-electron chi connectivity index (χ4n) is 2.44. The van der Waals surface area contributed by atoms with Gasteiger partial charge in [-0.05, 0) is 6.07 Å². The number of anilines is 2. The average molecular weight is 297 g/mol. The number of hydrogen-bond acceptors (Lipinski definition) is 5. The largest absolute Gasteiger partial charge is 0.478 e. The molecule has 0 saturated heterocycles.